The van der Waals surface area contributed by atoms with Gasteiger partial charge in [0.2, 0.25) is 0 Å². The van der Waals surface area contributed by atoms with Gasteiger partial charge in [0.15, 0.2) is 0 Å². The Morgan fingerprint density at radius 2 is 2.25 bits per heavy atom. The predicted molar refractivity (Wildman–Crippen MR) is 70.7 cm³/mol. The van der Waals surface area contributed by atoms with E-state index < -0.39 is 5.97 Å². The molecule has 0 radical (unpaired) electrons. The summed E-state index contributed by atoms with van der Waals surface area (Å²) >= 11 is 0. The number of H-pyrrole nitrogens is 1. The Morgan fingerprint density at radius 1 is 1.40 bits per heavy atom. The molecule has 0 aromatic carbocycles. The predicted octanol–water partition coefficient (Wildman–Crippen LogP) is 0.832. The summed E-state index contributed by atoms with van der Waals surface area (Å²) in [6, 6.07) is 1.56. The highest BCUT2D eigenvalue weighted by atomic mass is 16.4. The van der Waals surface area contributed by atoms with Crippen molar-refractivity contribution in [1.82, 2.24) is 20.3 Å². The summed E-state index contributed by atoms with van der Waals surface area (Å²) in [6.07, 6.45) is 8.51. The lowest BCUT2D eigenvalue weighted by molar-refractivity contribution is -0.131. The van der Waals surface area contributed by atoms with E-state index in [1.54, 1.807) is 18.5 Å². The molecule has 20 heavy (non-hydrogen) atoms. The largest absolute Gasteiger partial charge is 0.478 e. The van der Waals surface area contributed by atoms with Crippen molar-refractivity contribution in [2.45, 2.75) is 6.54 Å². The van der Waals surface area contributed by atoms with E-state index in [9.17, 15) is 9.59 Å². The van der Waals surface area contributed by atoms with Crippen LogP contribution in [-0.4, -0.2) is 31.9 Å². The van der Waals surface area contributed by atoms with Gasteiger partial charge >= 0.3 is 5.97 Å². The van der Waals surface area contributed by atoms with Gasteiger partial charge in [-0.15, -0.1) is 0 Å². The molecule has 0 fully saturated rings. The summed E-state index contributed by atoms with van der Waals surface area (Å²) in [5.74, 6) is -0.717. The second kappa shape index (κ2) is 6.28. The van der Waals surface area contributed by atoms with E-state index in [4.69, 9.17) is 5.11 Å². The molecule has 0 aliphatic carbocycles. The summed E-state index contributed by atoms with van der Waals surface area (Å²) in [4.78, 5) is 33.1. The van der Waals surface area contributed by atoms with Gasteiger partial charge < -0.3 is 15.4 Å². The lowest BCUT2D eigenvalue weighted by Crippen LogP contribution is -2.23. The van der Waals surface area contributed by atoms with Gasteiger partial charge in [0, 0.05) is 30.9 Å². The third kappa shape index (κ3) is 3.77. The van der Waals surface area contributed by atoms with Gasteiger partial charge in [-0.05, 0) is 17.7 Å². The summed E-state index contributed by atoms with van der Waals surface area (Å²) < 4.78 is 0. The minimum atomic E-state index is -1.06. The molecule has 7 heteroatoms. The highest BCUT2D eigenvalue weighted by Gasteiger charge is 2.06. The fraction of sp³-hybridized carbons (Fsp3) is 0.0769. The summed E-state index contributed by atoms with van der Waals surface area (Å²) in [7, 11) is 0. The standard InChI is InChI=1S/C13H12N4O3/c18-12(19)2-1-9-5-10(7-14-6-9)13(20)17-8-11-15-3-4-16-11/h1-7H,8H2,(H,15,16)(H,17,20)(H,18,19). The molecule has 2 aromatic rings. The van der Waals surface area contributed by atoms with Crippen molar-refractivity contribution >= 4 is 18.0 Å². The van der Waals surface area contributed by atoms with Gasteiger partial charge in [0.25, 0.3) is 5.91 Å². The number of aliphatic carboxylic acids is 1. The number of carboxylic acids is 1. The minimum Gasteiger partial charge on any atom is -0.478 e. The monoisotopic (exact) mass is 272 g/mol. The van der Waals surface area contributed by atoms with Crippen LogP contribution in [0.2, 0.25) is 0 Å². The Balaban J connectivity index is 2.02. The molecule has 3 N–H and O–H groups in total. The van der Waals surface area contributed by atoms with Gasteiger partial charge in [-0.25, -0.2) is 9.78 Å². The van der Waals surface area contributed by atoms with Crippen molar-refractivity contribution in [3.8, 4) is 0 Å². The lowest BCUT2D eigenvalue weighted by Gasteiger charge is -2.03. The fourth-order valence-electron chi connectivity index (χ4n) is 1.50. The first-order valence-corrected chi connectivity index (χ1v) is 5.77. The van der Waals surface area contributed by atoms with E-state index in [1.165, 1.54) is 18.5 Å². The van der Waals surface area contributed by atoms with E-state index in [1.807, 2.05) is 0 Å². The van der Waals surface area contributed by atoms with E-state index in [0.29, 0.717) is 17.0 Å². The smallest absolute Gasteiger partial charge is 0.328 e. The second-order valence-corrected chi connectivity index (χ2v) is 3.90. The van der Waals surface area contributed by atoms with E-state index in [2.05, 4.69) is 20.3 Å². The van der Waals surface area contributed by atoms with Crippen LogP contribution in [0.1, 0.15) is 21.7 Å². The van der Waals surface area contributed by atoms with Gasteiger partial charge in [0.1, 0.15) is 5.82 Å². The number of aromatic nitrogens is 3. The topological polar surface area (TPSA) is 108 Å². The number of imidazole rings is 1. The number of rotatable bonds is 5. The molecule has 2 heterocycles. The van der Waals surface area contributed by atoms with Crippen LogP contribution < -0.4 is 5.32 Å². The van der Waals surface area contributed by atoms with Crippen molar-refractivity contribution in [3.05, 3.63) is 53.9 Å². The zero-order valence-corrected chi connectivity index (χ0v) is 10.4. The average molecular weight is 272 g/mol. The number of carboxylic acid groups (broad SMARTS) is 1. The minimum absolute atomic E-state index is 0.279. The van der Waals surface area contributed by atoms with E-state index in [0.717, 1.165) is 6.08 Å². The first kappa shape index (κ1) is 13.5. The molecule has 1 amide bonds. The Kier molecular flexibility index (Phi) is 4.23. The number of carbonyl (C=O) groups is 2. The number of carbonyl (C=O) groups excluding carboxylic acids is 1. The molecule has 0 unspecified atom stereocenters. The van der Waals surface area contributed by atoms with Crippen molar-refractivity contribution in [2.24, 2.45) is 0 Å². The second-order valence-electron chi connectivity index (χ2n) is 3.90. The zero-order chi connectivity index (χ0) is 14.4. The number of hydrogen-bond acceptors (Lipinski definition) is 4. The van der Waals surface area contributed by atoms with Crippen LogP contribution in [0, 0.1) is 0 Å². The molecule has 2 aromatic heterocycles. The van der Waals surface area contributed by atoms with Gasteiger partial charge in [-0.1, -0.05) is 0 Å². The number of nitrogens with zero attached hydrogens (tertiary/aromatic N) is 2. The quantitative estimate of drug-likeness (QED) is 0.699. The van der Waals surface area contributed by atoms with Crippen molar-refractivity contribution in [3.63, 3.8) is 0 Å². The molecule has 0 bridgehead atoms. The third-order valence-corrected chi connectivity index (χ3v) is 2.41. The molecule has 2 rings (SSSR count). The van der Waals surface area contributed by atoms with Crippen LogP contribution in [0.3, 0.4) is 0 Å². The third-order valence-electron chi connectivity index (χ3n) is 2.41. The Labute approximate surface area is 114 Å². The Hall–Kier alpha value is -2.96. The highest BCUT2D eigenvalue weighted by Crippen LogP contribution is 2.05. The maximum Gasteiger partial charge on any atom is 0.328 e. The molecule has 7 nitrogen and oxygen atoms in total. The summed E-state index contributed by atoms with van der Waals surface area (Å²) in [6.45, 7) is 0.279. The molecule has 0 aliphatic rings. The lowest BCUT2D eigenvalue weighted by atomic mass is 10.2. The number of amides is 1. The maximum absolute atomic E-state index is 11.9. The first-order chi connectivity index (χ1) is 9.65. The molecule has 102 valence electrons. The van der Waals surface area contributed by atoms with Crippen molar-refractivity contribution < 1.29 is 14.7 Å². The number of pyridine rings is 1. The fourth-order valence-corrected chi connectivity index (χ4v) is 1.50. The van der Waals surface area contributed by atoms with Crippen LogP contribution in [0.5, 0.6) is 0 Å². The number of aromatic amines is 1. The van der Waals surface area contributed by atoms with Gasteiger partial charge in [-0.3, -0.25) is 9.78 Å². The molecule has 0 spiro atoms. The normalized spacial score (nSPS) is 10.6. The molecular formula is C13H12N4O3. The van der Waals surface area contributed by atoms with E-state index in [-0.39, 0.29) is 12.5 Å². The van der Waals surface area contributed by atoms with Crippen molar-refractivity contribution in [2.75, 3.05) is 0 Å². The molecule has 0 atom stereocenters. The summed E-state index contributed by atoms with van der Waals surface area (Å²) in [5, 5.41) is 11.2. The average Bonchev–Trinajstić information content (AvgIpc) is 2.96. The van der Waals surface area contributed by atoms with Gasteiger partial charge in [0.05, 0.1) is 12.1 Å². The van der Waals surface area contributed by atoms with Crippen LogP contribution in [0.4, 0.5) is 0 Å². The molecule has 0 saturated carbocycles. The molecule has 0 aliphatic heterocycles. The number of nitrogens with one attached hydrogen (secondary N) is 2. The highest BCUT2D eigenvalue weighted by molar-refractivity contribution is 5.94. The first-order valence-electron chi connectivity index (χ1n) is 5.77. The van der Waals surface area contributed by atoms with Gasteiger partial charge in [-0.2, -0.15) is 0 Å². The van der Waals surface area contributed by atoms with Crippen molar-refractivity contribution in [1.29, 1.82) is 0 Å². The van der Waals surface area contributed by atoms with E-state index >= 15 is 0 Å². The number of hydrogen-bond donors (Lipinski definition) is 3. The van der Waals surface area contributed by atoms with Crippen LogP contribution in [0.25, 0.3) is 6.08 Å². The van der Waals surface area contributed by atoms with Crippen LogP contribution >= 0.6 is 0 Å². The molecule has 0 saturated heterocycles. The Bertz CT molecular complexity index is 635. The Morgan fingerprint density at radius 3 is 2.95 bits per heavy atom. The summed E-state index contributed by atoms with van der Waals surface area (Å²) in [5.41, 5.74) is 0.891. The maximum atomic E-state index is 11.9. The molecular weight excluding hydrogens is 260 g/mol. The zero-order valence-electron chi connectivity index (χ0n) is 10.4. The van der Waals surface area contributed by atoms with Crippen LogP contribution in [-0.2, 0) is 11.3 Å². The van der Waals surface area contributed by atoms with Crippen LogP contribution in [0.15, 0.2) is 36.9 Å². The SMILES string of the molecule is O=C(O)C=Cc1cncc(C(=O)NCc2ncc[nH]2)c1.